The normalized spacial score (nSPS) is 11.4. The molecule has 0 amide bonds. The molecule has 2 rings (SSSR count). The fourth-order valence-corrected chi connectivity index (χ4v) is 2.49. The zero-order valence-electron chi connectivity index (χ0n) is 13.9. The minimum Gasteiger partial charge on any atom is -0.491 e. The Morgan fingerprint density at radius 2 is 1.77 bits per heavy atom. The van der Waals surface area contributed by atoms with Gasteiger partial charge in [0.25, 0.3) is 5.16 Å². The van der Waals surface area contributed by atoms with Gasteiger partial charge in [-0.1, -0.05) is 5.10 Å². The van der Waals surface area contributed by atoms with E-state index < -0.39 is 15.8 Å². The number of aromatic nitrogens is 4. The van der Waals surface area contributed by atoms with Crippen LogP contribution in [0.25, 0.3) is 5.69 Å². The zero-order valence-corrected chi connectivity index (χ0v) is 14.8. The summed E-state index contributed by atoms with van der Waals surface area (Å²) in [7, 11) is -3.54. The van der Waals surface area contributed by atoms with E-state index in [0.717, 1.165) is 10.9 Å². The van der Waals surface area contributed by atoms with Crippen LogP contribution in [0.1, 0.15) is 0 Å². The fraction of sp³-hybridized carbons (Fsp3) is 0.429. The van der Waals surface area contributed by atoms with E-state index in [4.69, 9.17) is 19.3 Å². The van der Waals surface area contributed by atoms with Crippen molar-refractivity contribution in [2.75, 3.05) is 39.3 Å². The standard InChI is InChI=1S/C14H18N4O7S/c1-26(21,22)14-15-16-17-18(14)11-2-4-12(5-3-11)25-9-8-23-6-7-24-10-13(19)20/h2-5H,6-10H2,1H3,(H,19,20). The second-order valence-electron chi connectivity index (χ2n) is 5.05. The smallest absolute Gasteiger partial charge is 0.329 e. The number of ether oxygens (including phenoxy) is 3. The summed E-state index contributed by atoms with van der Waals surface area (Å²) in [6, 6.07) is 6.56. The van der Waals surface area contributed by atoms with Crippen molar-refractivity contribution in [2.24, 2.45) is 0 Å². The van der Waals surface area contributed by atoms with Crippen LogP contribution in [0.3, 0.4) is 0 Å². The van der Waals surface area contributed by atoms with E-state index in [1.807, 2.05) is 0 Å². The molecule has 0 aliphatic rings. The molecule has 0 saturated heterocycles. The second kappa shape index (κ2) is 9.22. The molecule has 0 atom stereocenters. The molecule has 12 heteroatoms. The maximum Gasteiger partial charge on any atom is 0.329 e. The summed E-state index contributed by atoms with van der Waals surface area (Å²) in [5.74, 6) is -0.462. The van der Waals surface area contributed by atoms with Gasteiger partial charge >= 0.3 is 5.97 Å². The predicted molar refractivity (Wildman–Crippen MR) is 87.0 cm³/mol. The van der Waals surface area contributed by atoms with Gasteiger partial charge in [-0.3, -0.25) is 0 Å². The van der Waals surface area contributed by atoms with E-state index in [-0.39, 0.29) is 31.6 Å². The fourth-order valence-electron chi connectivity index (χ4n) is 1.85. The van der Waals surface area contributed by atoms with Crippen molar-refractivity contribution in [3.63, 3.8) is 0 Å². The molecule has 2 aromatic rings. The Kier molecular flexibility index (Phi) is 7.00. The average molecular weight is 386 g/mol. The van der Waals surface area contributed by atoms with Gasteiger partial charge in [-0.2, -0.15) is 4.68 Å². The first kappa shape index (κ1) is 19.8. The molecule has 11 nitrogen and oxygen atoms in total. The molecule has 1 heterocycles. The Hall–Kier alpha value is -2.57. The monoisotopic (exact) mass is 386 g/mol. The largest absolute Gasteiger partial charge is 0.491 e. The number of sulfone groups is 1. The first-order valence-corrected chi connectivity index (χ1v) is 9.36. The maximum atomic E-state index is 11.6. The Labute approximate surface area is 149 Å². The number of benzene rings is 1. The van der Waals surface area contributed by atoms with Crippen LogP contribution in [0.15, 0.2) is 29.4 Å². The van der Waals surface area contributed by atoms with Crippen molar-refractivity contribution in [1.82, 2.24) is 20.2 Å². The molecule has 0 aliphatic carbocycles. The minimum absolute atomic E-state index is 0.190. The SMILES string of the molecule is CS(=O)(=O)c1nnnn1-c1ccc(OCCOCCOCC(=O)O)cc1. The van der Waals surface area contributed by atoms with Crippen LogP contribution in [0, 0.1) is 0 Å². The Morgan fingerprint density at radius 1 is 1.12 bits per heavy atom. The molecule has 0 fully saturated rings. The molecule has 0 spiro atoms. The van der Waals surface area contributed by atoms with E-state index in [0.29, 0.717) is 18.0 Å². The number of carboxylic acids is 1. The molecule has 26 heavy (non-hydrogen) atoms. The topological polar surface area (TPSA) is 143 Å². The molecule has 1 N–H and O–H groups in total. The summed E-state index contributed by atoms with van der Waals surface area (Å²) >= 11 is 0. The van der Waals surface area contributed by atoms with Gasteiger partial charge in [-0.25, -0.2) is 13.2 Å². The average Bonchev–Trinajstić information content (AvgIpc) is 3.07. The Balaban J connectivity index is 1.77. The van der Waals surface area contributed by atoms with Gasteiger partial charge in [-0.15, -0.1) is 0 Å². The van der Waals surface area contributed by atoms with Crippen molar-refractivity contribution < 1.29 is 32.5 Å². The molecular formula is C14H18N4O7S. The molecule has 0 saturated carbocycles. The molecule has 1 aromatic carbocycles. The number of tetrazole rings is 1. The molecule has 0 bridgehead atoms. The van der Waals surface area contributed by atoms with Gasteiger partial charge in [0.1, 0.15) is 19.0 Å². The van der Waals surface area contributed by atoms with Crippen LogP contribution in [0.2, 0.25) is 0 Å². The molecule has 0 unspecified atom stereocenters. The summed E-state index contributed by atoms with van der Waals surface area (Å²) in [4.78, 5) is 10.2. The summed E-state index contributed by atoms with van der Waals surface area (Å²) < 4.78 is 39.9. The van der Waals surface area contributed by atoms with Crippen molar-refractivity contribution in [3.8, 4) is 11.4 Å². The highest BCUT2D eigenvalue weighted by atomic mass is 32.2. The lowest BCUT2D eigenvalue weighted by molar-refractivity contribution is -0.142. The molecule has 1 aromatic heterocycles. The Morgan fingerprint density at radius 3 is 2.42 bits per heavy atom. The van der Waals surface area contributed by atoms with Crippen LogP contribution >= 0.6 is 0 Å². The van der Waals surface area contributed by atoms with E-state index in [1.165, 1.54) is 0 Å². The zero-order chi connectivity index (χ0) is 19.0. The second-order valence-corrected chi connectivity index (χ2v) is 6.96. The summed E-state index contributed by atoms with van der Waals surface area (Å²) in [5.41, 5.74) is 0.481. The number of rotatable bonds is 11. The Bertz CT molecular complexity index is 820. The molecule has 0 aliphatic heterocycles. The number of hydrogen-bond acceptors (Lipinski definition) is 9. The van der Waals surface area contributed by atoms with Crippen molar-refractivity contribution in [1.29, 1.82) is 0 Å². The highest BCUT2D eigenvalue weighted by molar-refractivity contribution is 7.90. The predicted octanol–water partition coefficient (Wildman–Crippen LogP) is -0.438. The number of carbonyl (C=O) groups is 1. The van der Waals surface area contributed by atoms with Gasteiger partial charge in [0.15, 0.2) is 0 Å². The first-order valence-electron chi connectivity index (χ1n) is 7.47. The number of nitrogens with zero attached hydrogens (tertiary/aromatic N) is 4. The lowest BCUT2D eigenvalue weighted by atomic mass is 10.3. The lowest BCUT2D eigenvalue weighted by Crippen LogP contribution is -2.14. The van der Waals surface area contributed by atoms with Gasteiger partial charge in [0.2, 0.25) is 9.84 Å². The molecule has 142 valence electrons. The quantitative estimate of drug-likeness (QED) is 0.505. The van der Waals surface area contributed by atoms with Crippen molar-refractivity contribution in [2.45, 2.75) is 5.16 Å². The van der Waals surface area contributed by atoms with Crippen LogP contribution in [0.4, 0.5) is 0 Å². The van der Waals surface area contributed by atoms with Crippen molar-refractivity contribution in [3.05, 3.63) is 24.3 Å². The van der Waals surface area contributed by atoms with Crippen LogP contribution in [-0.4, -0.2) is 79.0 Å². The van der Waals surface area contributed by atoms with Crippen molar-refractivity contribution >= 4 is 15.8 Å². The van der Waals surface area contributed by atoms with E-state index >= 15 is 0 Å². The van der Waals surface area contributed by atoms with Gasteiger partial charge in [0.05, 0.1) is 25.5 Å². The van der Waals surface area contributed by atoms with Gasteiger partial charge in [-0.05, 0) is 34.7 Å². The molecule has 0 radical (unpaired) electrons. The highest BCUT2D eigenvalue weighted by Crippen LogP contribution is 2.16. The summed E-state index contributed by atoms with van der Waals surface area (Å²) in [6.07, 6.45) is 1.03. The van der Waals surface area contributed by atoms with Gasteiger partial charge in [0, 0.05) is 6.26 Å². The first-order chi connectivity index (χ1) is 12.4. The maximum absolute atomic E-state index is 11.6. The van der Waals surface area contributed by atoms with Gasteiger partial charge < -0.3 is 19.3 Å². The number of hydrogen-bond donors (Lipinski definition) is 1. The minimum atomic E-state index is -3.54. The van der Waals surface area contributed by atoms with Crippen LogP contribution < -0.4 is 4.74 Å². The number of carboxylic acid groups (broad SMARTS) is 1. The van der Waals surface area contributed by atoms with Crippen LogP contribution in [-0.2, 0) is 24.1 Å². The third-order valence-electron chi connectivity index (χ3n) is 2.95. The highest BCUT2D eigenvalue weighted by Gasteiger charge is 2.18. The van der Waals surface area contributed by atoms with E-state index in [1.54, 1.807) is 24.3 Å². The van der Waals surface area contributed by atoms with E-state index in [2.05, 4.69) is 15.5 Å². The third kappa shape index (κ3) is 6.06. The third-order valence-corrected chi connectivity index (χ3v) is 3.87. The summed E-state index contributed by atoms with van der Waals surface area (Å²) in [6.45, 7) is 0.703. The molecular weight excluding hydrogens is 368 g/mol. The lowest BCUT2D eigenvalue weighted by Gasteiger charge is -2.08. The van der Waals surface area contributed by atoms with Crippen LogP contribution in [0.5, 0.6) is 5.75 Å². The number of aliphatic carboxylic acids is 1. The van der Waals surface area contributed by atoms with E-state index in [9.17, 15) is 13.2 Å². The summed E-state index contributed by atoms with van der Waals surface area (Å²) in [5, 5.41) is 18.7.